The molecule has 120 valence electrons. The lowest BCUT2D eigenvalue weighted by Gasteiger charge is -2.37. The maximum atomic E-state index is 12.0. The molecule has 1 aromatic rings. The van der Waals surface area contributed by atoms with Gasteiger partial charge in [-0.3, -0.25) is 4.79 Å². The van der Waals surface area contributed by atoms with Gasteiger partial charge in [0.05, 0.1) is 11.9 Å². The van der Waals surface area contributed by atoms with Crippen LogP contribution in [0.2, 0.25) is 0 Å². The molecule has 2 aliphatic rings. The van der Waals surface area contributed by atoms with Crippen LogP contribution >= 0.6 is 0 Å². The quantitative estimate of drug-likeness (QED) is 0.929. The van der Waals surface area contributed by atoms with E-state index >= 15 is 0 Å². The molecule has 5 nitrogen and oxygen atoms in total. The number of pyridine rings is 1. The molecule has 2 saturated heterocycles. The molecule has 3 rings (SSSR count). The summed E-state index contributed by atoms with van der Waals surface area (Å²) in [7, 11) is 0. The molecule has 0 saturated carbocycles. The van der Waals surface area contributed by atoms with Gasteiger partial charge in [0.1, 0.15) is 11.9 Å². The van der Waals surface area contributed by atoms with Crippen molar-refractivity contribution < 1.29 is 9.53 Å². The van der Waals surface area contributed by atoms with Gasteiger partial charge in [0.2, 0.25) is 0 Å². The van der Waals surface area contributed by atoms with Gasteiger partial charge in [0.15, 0.2) is 0 Å². The molecule has 1 amide bonds. The third-order valence-corrected chi connectivity index (χ3v) is 4.65. The van der Waals surface area contributed by atoms with E-state index in [0.29, 0.717) is 18.5 Å². The van der Waals surface area contributed by atoms with Gasteiger partial charge < -0.3 is 15.0 Å². The fourth-order valence-electron chi connectivity index (χ4n) is 3.39. The molecule has 2 atom stereocenters. The summed E-state index contributed by atoms with van der Waals surface area (Å²) < 4.78 is 5.39. The number of aromatic nitrogens is 1. The number of hydrogen-bond acceptors (Lipinski definition) is 4. The Bertz CT molecular complexity index is 497. The van der Waals surface area contributed by atoms with Crippen LogP contribution in [0.15, 0.2) is 18.3 Å². The minimum atomic E-state index is -0.312. The van der Waals surface area contributed by atoms with Crippen molar-refractivity contribution in [3.63, 3.8) is 0 Å². The van der Waals surface area contributed by atoms with Crippen LogP contribution in [-0.2, 0) is 9.53 Å². The highest BCUT2D eigenvalue weighted by atomic mass is 16.5. The number of rotatable bonds is 4. The maximum absolute atomic E-state index is 12.0. The highest BCUT2D eigenvalue weighted by Gasteiger charge is 2.24. The zero-order valence-corrected chi connectivity index (χ0v) is 13.3. The highest BCUT2D eigenvalue weighted by molar-refractivity contribution is 5.93. The molecule has 0 aliphatic carbocycles. The lowest BCUT2D eigenvalue weighted by atomic mass is 9.99. The topological polar surface area (TPSA) is 54.5 Å². The average Bonchev–Trinajstić information content (AvgIpc) is 3.10. The van der Waals surface area contributed by atoms with Gasteiger partial charge in [-0.1, -0.05) is 6.92 Å². The predicted molar refractivity (Wildman–Crippen MR) is 87.1 cm³/mol. The number of anilines is 2. The number of nitrogens with one attached hydrogen (secondary N) is 1. The highest BCUT2D eigenvalue weighted by Crippen LogP contribution is 2.26. The summed E-state index contributed by atoms with van der Waals surface area (Å²) in [5.41, 5.74) is 1.15. The van der Waals surface area contributed by atoms with Crippen LogP contribution in [0.4, 0.5) is 11.5 Å². The smallest absolute Gasteiger partial charge is 0.254 e. The molecule has 1 aromatic heterocycles. The summed E-state index contributed by atoms with van der Waals surface area (Å²) in [6, 6.07) is 4.57. The molecule has 0 aromatic carbocycles. The Morgan fingerprint density at radius 2 is 2.27 bits per heavy atom. The Hall–Kier alpha value is -1.62. The Labute approximate surface area is 132 Å². The summed E-state index contributed by atoms with van der Waals surface area (Å²) in [6.07, 6.45) is 8.30. The fourth-order valence-corrected chi connectivity index (χ4v) is 3.39. The van der Waals surface area contributed by atoms with Crippen molar-refractivity contribution in [2.75, 3.05) is 23.4 Å². The molecule has 2 aliphatic heterocycles. The molecule has 3 heterocycles. The first-order valence-electron chi connectivity index (χ1n) is 8.43. The minimum absolute atomic E-state index is 0.0813. The van der Waals surface area contributed by atoms with Crippen LogP contribution < -0.4 is 10.2 Å². The first-order chi connectivity index (χ1) is 10.8. The number of piperidine rings is 1. The fraction of sp³-hybridized carbons (Fsp3) is 0.647. The summed E-state index contributed by atoms with van der Waals surface area (Å²) in [5.74, 6) is 0.525. The van der Waals surface area contributed by atoms with E-state index in [1.54, 1.807) is 0 Å². The van der Waals surface area contributed by atoms with Crippen LogP contribution in [0.5, 0.6) is 0 Å². The zero-order chi connectivity index (χ0) is 15.4. The van der Waals surface area contributed by atoms with Crippen LogP contribution in [0.25, 0.3) is 0 Å². The van der Waals surface area contributed by atoms with Crippen molar-refractivity contribution in [1.29, 1.82) is 0 Å². The Morgan fingerprint density at radius 3 is 2.95 bits per heavy atom. The van der Waals surface area contributed by atoms with Gasteiger partial charge in [-0.2, -0.15) is 0 Å². The number of amides is 1. The molecular weight excluding hydrogens is 278 g/mol. The molecule has 0 radical (unpaired) electrons. The normalized spacial score (nSPS) is 25.2. The van der Waals surface area contributed by atoms with E-state index in [9.17, 15) is 4.79 Å². The molecule has 2 fully saturated rings. The van der Waals surface area contributed by atoms with Crippen molar-refractivity contribution in [2.45, 2.75) is 57.6 Å². The summed E-state index contributed by atoms with van der Waals surface area (Å²) in [4.78, 5) is 18.9. The first kappa shape index (κ1) is 15.3. The predicted octanol–water partition coefficient (Wildman–Crippen LogP) is 2.97. The molecule has 1 N–H and O–H groups in total. The van der Waals surface area contributed by atoms with Crippen LogP contribution in [0.3, 0.4) is 0 Å². The van der Waals surface area contributed by atoms with Crippen molar-refractivity contribution >= 4 is 17.4 Å². The SMILES string of the molecule is CCC1CCCCN1c1ccc(NC(=O)C2CCCO2)nc1. The van der Waals surface area contributed by atoms with E-state index in [1.807, 2.05) is 12.3 Å². The number of hydrogen-bond donors (Lipinski definition) is 1. The second kappa shape index (κ2) is 7.09. The van der Waals surface area contributed by atoms with Gasteiger partial charge >= 0.3 is 0 Å². The molecule has 2 unspecified atom stereocenters. The number of nitrogens with zero attached hydrogens (tertiary/aromatic N) is 2. The van der Waals surface area contributed by atoms with Crippen molar-refractivity contribution in [3.05, 3.63) is 18.3 Å². The largest absolute Gasteiger partial charge is 0.368 e. The second-order valence-electron chi connectivity index (χ2n) is 6.14. The standard InChI is InChI=1S/C17H25N3O2/c1-2-13-6-3-4-10-20(13)14-8-9-16(18-12-14)19-17(21)15-7-5-11-22-15/h8-9,12-13,15H,2-7,10-11H2,1H3,(H,18,19,21). The van der Waals surface area contributed by atoms with Gasteiger partial charge in [-0.25, -0.2) is 4.98 Å². The number of ether oxygens (including phenoxy) is 1. The van der Waals surface area contributed by atoms with Gasteiger partial charge in [0, 0.05) is 19.2 Å². The summed E-state index contributed by atoms with van der Waals surface area (Å²) in [5, 5.41) is 2.85. The Kier molecular flexibility index (Phi) is 4.93. The van der Waals surface area contributed by atoms with Crippen molar-refractivity contribution in [1.82, 2.24) is 4.98 Å². The average molecular weight is 303 g/mol. The summed E-state index contributed by atoms with van der Waals surface area (Å²) in [6.45, 7) is 4.02. The van der Waals surface area contributed by atoms with Crippen molar-refractivity contribution in [2.24, 2.45) is 0 Å². The van der Waals surface area contributed by atoms with Gasteiger partial charge in [-0.15, -0.1) is 0 Å². The van der Waals surface area contributed by atoms with Crippen LogP contribution in [0.1, 0.15) is 45.4 Å². The minimum Gasteiger partial charge on any atom is -0.368 e. The molecule has 0 bridgehead atoms. The molecular formula is C17H25N3O2. The van der Waals surface area contributed by atoms with Crippen LogP contribution in [0, 0.1) is 0 Å². The lowest BCUT2D eigenvalue weighted by Crippen LogP contribution is -2.39. The molecule has 5 heteroatoms. The third-order valence-electron chi connectivity index (χ3n) is 4.65. The van der Waals surface area contributed by atoms with E-state index in [0.717, 1.165) is 31.5 Å². The first-order valence-corrected chi connectivity index (χ1v) is 8.43. The second-order valence-corrected chi connectivity index (χ2v) is 6.14. The Balaban J connectivity index is 1.63. The van der Waals surface area contributed by atoms with E-state index in [1.165, 1.54) is 19.3 Å². The molecule has 22 heavy (non-hydrogen) atoms. The Morgan fingerprint density at radius 1 is 1.36 bits per heavy atom. The monoisotopic (exact) mass is 303 g/mol. The van der Waals surface area contributed by atoms with Crippen molar-refractivity contribution in [3.8, 4) is 0 Å². The van der Waals surface area contributed by atoms with Gasteiger partial charge in [-0.05, 0) is 50.7 Å². The van der Waals surface area contributed by atoms with E-state index in [2.05, 4.69) is 28.2 Å². The van der Waals surface area contributed by atoms with Crippen LogP contribution in [-0.4, -0.2) is 36.2 Å². The number of carbonyl (C=O) groups excluding carboxylic acids is 1. The van der Waals surface area contributed by atoms with E-state index in [-0.39, 0.29) is 12.0 Å². The zero-order valence-electron chi connectivity index (χ0n) is 13.3. The van der Waals surface area contributed by atoms with Gasteiger partial charge in [0.25, 0.3) is 5.91 Å². The van der Waals surface area contributed by atoms with E-state index < -0.39 is 0 Å². The molecule has 0 spiro atoms. The third kappa shape index (κ3) is 3.40. The maximum Gasteiger partial charge on any atom is 0.254 e. The summed E-state index contributed by atoms with van der Waals surface area (Å²) >= 11 is 0. The van der Waals surface area contributed by atoms with E-state index in [4.69, 9.17) is 4.74 Å². The lowest BCUT2D eigenvalue weighted by molar-refractivity contribution is -0.124. The number of carbonyl (C=O) groups is 1.